The molecule has 2 aromatic carbocycles. The minimum absolute atomic E-state index is 0.125. The van der Waals surface area contributed by atoms with Crippen LogP contribution < -0.4 is 10.5 Å². The second-order valence-electron chi connectivity index (χ2n) is 7.92. The number of aromatic amines is 2. The molecule has 0 bridgehead atoms. The van der Waals surface area contributed by atoms with E-state index < -0.39 is 0 Å². The molecule has 8 nitrogen and oxygen atoms in total. The number of aromatic nitrogens is 6. The first-order chi connectivity index (χ1) is 15.6. The Bertz CT molecular complexity index is 1530. The summed E-state index contributed by atoms with van der Waals surface area (Å²) in [6.07, 6.45) is 3.16. The Morgan fingerprint density at radius 2 is 1.94 bits per heavy atom. The lowest BCUT2D eigenvalue weighted by atomic mass is 10.00. The van der Waals surface area contributed by atoms with Crippen LogP contribution in [0.5, 0.6) is 5.75 Å². The fourth-order valence-corrected chi connectivity index (χ4v) is 4.41. The predicted molar refractivity (Wildman–Crippen MR) is 117 cm³/mol. The molecule has 0 saturated heterocycles. The molecule has 0 saturated carbocycles. The van der Waals surface area contributed by atoms with E-state index in [0.717, 1.165) is 44.0 Å². The first kappa shape index (κ1) is 18.8. The maximum Gasteiger partial charge on any atom is 0.260 e. The zero-order chi connectivity index (χ0) is 21.8. The molecule has 162 valence electrons. The van der Waals surface area contributed by atoms with Crippen LogP contribution in [0, 0.1) is 5.82 Å². The SMILES string of the molecule is Nc1nnn(CCCOc2c3[nH]c4c(c3cc3c2[nH]c2ccc(F)cc23)C=C(F)CC4)n1. The van der Waals surface area contributed by atoms with Gasteiger partial charge >= 0.3 is 0 Å². The molecular formula is C22H19F2N7O. The third-order valence-corrected chi connectivity index (χ3v) is 5.84. The number of hydrogen-bond acceptors (Lipinski definition) is 5. The van der Waals surface area contributed by atoms with E-state index in [-0.39, 0.29) is 17.6 Å². The number of benzene rings is 2. The highest BCUT2D eigenvalue weighted by atomic mass is 19.1. The molecule has 0 atom stereocenters. The maximum absolute atomic E-state index is 14.1. The van der Waals surface area contributed by atoms with Gasteiger partial charge in [-0.1, -0.05) is 5.10 Å². The van der Waals surface area contributed by atoms with E-state index in [0.29, 0.717) is 38.2 Å². The molecule has 0 amide bonds. The van der Waals surface area contributed by atoms with Gasteiger partial charge in [0.2, 0.25) is 0 Å². The number of hydrogen-bond donors (Lipinski definition) is 3. The van der Waals surface area contributed by atoms with Crippen LogP contribution in [0.2, 0.25) is 0 Å². The van der Waals surface area contributed by atoms with Crippen molar-refractivity contribution in [1.29, 1.82) is 0 Å². The molecule has 0 spiro atoms. The van der Waals surface area contributed by atoms with Crippen LogP contribution in [0.4, 0.5) is 14.7 Å². The Morgan fingerprint density at radius 3 is 2.78 bits per heavy atom. The number of anilines is 1. The number of fused-ring (bicyclic) bond motifs is 6. The normalized spacial score (nSPS) is 13.8. The summed E-state index contributed by atoms with van der Waals surface area (Å²) in [4.78, 5) is 8.21. The van der Waals surface area contributed by atoms with Crippen LogP contribution in [0.3, 0.4) is 0 Å². The standard InChI is InChI=1S/C22H19F2N7O/c23-11-2-4-17-13(8-11)15-10-16-14-9-12(24)3-5-18(14)27-20(16)21(19(15)26-17)32-7-1-6-31-29-22(25)28-30-31/h2,4,8-10,26-27H,1,3,5-7H2,(H2,25,29). The predicted octanol–water partition coefficient (Wildman–Crippen LogP) is 4.24. The Balaban J connectivity index is 1.46. The average Bonchev–Trinajstić information content (AvgIpc) is 3.46. The largest absolute Gasteiger partial charge is 0.489 e. The van der Waals surface area contributed by atoms with Crippen molar-refractivity contribution in [3.63, 3.8) is 0 Å². The minimum Gasteiger partial charge on any atom is -0.489 e. The summed E-state index contributed by atoms with van der Waals surface area (Å²) in [7, 11) is 0. The van der Waals surface area contributed by atoms with Gasteiger partial charge in [-0.25, -0.2) is 8.78 Å². The van der Waals surface area contributed by atoms with Gasteiger partial charge in [-0.3, -0.25) is 0 Å². The number of nitrogens with two attached hydrogens (primary N) is 1. The van der Waals surface area contributed by atoms with Crippen LogP contribution in [-0.4, -0.2) is 36.8 Å². The van der Waals surface area contributed by atoms with E-state index in [1.165, 1.54) is 16.9 Å². The summed E-state index contributed by atoms with van der Waals surface area (Å²) in [5.74, 6) is 0.288. The topological polar surface area (TPSA) is 110 Å². The molecule has 32 heavy (non-hydrogen) atoms. The lowest BCUT2D eigenvalue weighted by molar-refractivity contribution is 0.298. The summed E-state index contributed by atoms with van der Waals surface area (Å²) < 4.78 is 34.3. The Morgan fingerprint density at radius 1 is 1.06 bits per heavy atom. The van der Waals surface area contributed by atoms with E-state index in [4.69, 9.17) is 10.5 Å². The number of nitrogens with one attached hydrogen (secondary N) is 2. The molecule has 6 rings (SSSR count). The zero-order valence-electron chi connectivity index (χ0n) is 17.0. The first-order valence-electron chi connectivity index (χ1n) is 10.4. The van der Waals surface area contributed by atoms with Crippen LogP contribution in [0.15, 0.2) is 30.1 Å². The van der Waals surface area contributed by atoms with Crippen molar-refractivity contribution in [2.75, 3.05) is 12.3 Å². The first-order valence-corrected chi connectivity index (χ1v) is 10.4. The van der Waals surface area contributed by atoms with Crippen molar-refractivity contribution in [3.05, 3.63) is 47.2 Å². The van der Waals surface area contributed by atoms with Crippen molar-refractivity contribution in [1.82, 2.24) is 30.2 Å². The Kier molecular flexibility index (Phi) is 4.14. The van der Waals surface area contributed by atoms with Gasteiger partial charge in [-0.15, -0.1) is 5.10 Å². The van der Waals surface area contributed by atoms with Gasteiger partial charge < -0.3 is 20.4 Å². The summed E-state index contributed by atoms with van der Waals surface area (Å²) in [6.45, 7) is 0.879. The quantitative estimate of drug-likeness (QED) is 0.358. The molecule has 1 aliphatic carbocycles. The van der Waals surface area contributed by atoms with Gasteiger partial charge in [0.15, 0.2) is 5.75 Å². The molecule has 1 aliphatic rings. The van der Waals surface area contributed by atoms with Gasteiger partial charge in [0, 0.05) is 45.8 Å². The fourth-order valence-electron chi connectivity index (χ4n) is 4.41. The molecular weight excluding hydrogens is 416 g/mol. The third-order valence-electron chi connectivity index (χ3n) is 5.84. The highest BCUT2D eigenvalue weighted by molar-refractivity contribution is 6.16. The lowest BCUT2D eigenvalue weighted by Gasteiger charge is -2.09. The Hall–Kier alpha value is -3.95. The second-order valence-corrected chi connectivity index (χ2v) is 7.92. The van der Waals surface area contributed by atoms with Crippen LogP contribution in [-0.2, 0) is 13.0 Å². The second kappa shape index (κ2) is 7.04. The molecule has 0 fully saturated rings. The van der Waals surface area contributed by atoms with Crippen molar-refractivity contribution in [2.24, 2.45) is 0 Å². The number of halogens is 2. The molecule has 5 aromatic rings. The number of ether oxygens (including phenoxy) is 1. The zero-order valence-corrected chi connectivity index (χ0v) is 17.0. The Labute approximate surface area is 180 Å². The molecule has 10 heteroatoms. The summed E-state index contributed by atoms with van der Waals surface area (Å²) in [5.41, 5.74) is 9.66. The average molecular weight is 435 g/mol. The summed E-state index contributed by atoms with van der Waals surface area (Å²) in [6, 6.07) is 6.60. The number of H-pyrrole nitrogens is 2. The van der Waals surface area contributed by atoms with Gasteiger partial charge in [0.25, 0.3) is 5.95 Å². The molecule has 0 radical (unpaired) electrons. The third kappa shape index (κ3) is 2.98. The van der Waals surface area contributed by atoms with Gasteiger partial charge in [0.1, 0.15) is 11.6 Å². The van der Waals surface area contributed by atoms with Crippen molar-refractivity contribution < 1.29 is 13.5 Å². The lowest BCUT2D eigenvalue weighted by Crippen LogP contribution is -2.08. The van der Waals surface area contributed by atoms with Crippen LogP contribution in [0.1, 0.15) is 24.1 Å². The van der Waals surface area contributed by atoms with Crippen LogP contribution >= 0.6 is 0 Å². The minimum atomic E-state index is -0.317. The number of nitrogens with zero attached hydrogens (tertiary/aromatic N) is 4. The summed E-state index contributed by atoms with van der Waals surface area (Å²) in [5, 5.41) is 13.9. The number of rotatable bonds is 5. The van der Waals surface area contributed by atoms with Gasteiger partial charge in [-0.2, -0.15) is 4.80 Å². The van der Waals surface area contributed by atoms with E-state index in [1.807, 2.05) is 6.07 Å². The van der Waals surface area contributed by atoms with Crippen LogP contribution in [0.25, 0.3) is 38.8 Å². The molecule has 4 N–H and O–H groups in total. The summed E-state index contributed by atoms with van der Waals surface area (Å²) >= 11 is 0. The number of allylic oxidation sites excluding steroid dienone is 1. The van der Waals surface area contributed by atoms with Crippen molar-refractivity contribution in [2.45, 2.75) is 25.8 Å². The fraction of sp³-hybridized carbons (Fsp3) is 0.227. The van der Waals surface area contributed by atoms with E-state index >= 15 is 0 Å². The van der Waals surface area contributed by atoms with Gasteiger partial charge in [-0.05, 0) is 42.0 Å². The number of nitrogen functional groups attached to an aromatic ring is 1. The van der Waals surface area contributed by atoms with E-state index in [1.54, 1.807) is 12.1 Å². The molecule has 3 aromatic heterocycles. The highest BCUT2D eigenvalue weighted by Gasteiger charge is 2.22. The molecule has 0 unspecified atom stereocenters. The molecule has 0 aliphatic heterocycles. The number of tetrazole rings is 1. The smallest absolute Gasteiger partial charge is 0.260 e. The highest BCUT2D eigenvalue weighted by Crippen LogP contribution is 2.42. The van der Waals surface area contributed by atoms with Crippen molar-refractivity contribution >= 4 is 44.7 Å². The van der Waals surface area contributed by atoms with Crippen molar-refractivity contribution in [3.8, 4) is 5.75 Å². The maximum atomic E-state index is 14.1. The van der Waals surface area contributed by atoms with E-state index in [2.05, 4.69) is 25.4 Å². The monoisotopic (exact) mass is 435 g/mol. The van der Waals surface area contributed by atoms with E-state index in [9.17, 15) is 8.78 Å². The van der Waals surface area contributed by atoms with Gasteiger partial charge in [0.05, 0.1) is 24.2 Å². The molecule has 3 heterocycles. The number of aryl methyl sites for hydroxylation is 2.